The molecule has 0 spiro atoms. The van der Waals surface area contributed by atoms with E-state index in [1.54, 1.807) is 0 Å². The maximum Gasteiger partial charge on any atom is 0.255 e. The monoisotopic (exact) mass is 235 g/mol. The summed E-state index contributed by atoms with van der Waals surface area (Å²) in [7, 11) is 2.13. The number of rotatable bonds is 4. The molecular formula is C13H21N3O. The van der Waals surface area contributed by atoms with Gasteiger partial charge in [-0.3, -0.25) is 0 Å². The SMILES string of the molecule is CCCCc1noc(C2=C(C)CCN(C)C2)n1. The van der Waals surface area contributed by atoms with Crippen LogP contribution in [-0.4, -0.2) is 35.2 Å². The molecule has 2 rings (SSSR count). The average molecular weight is 235 g/mol. The fourth-order valence-corrected chi connectivity index (χ4v) is 2.06. The highest BCUT2D eigenvalue weighted by molar-refractivity contribution is 5.64. The van der Waals surface area contributed by atoms with E-state index in [1.165, 1.54) is 11.1 Å². The third-order valence-electron chi connectivity index (χ3n) is 3.29. The van der Waals surface area contributed by atoms with Crippen LogP contribution in [0.4, 0.5) is 0 Å². The zero-order valence-electron chi connectivity index (χ0n) is 11.0. The molecule has 1 aliphatic rings. The molecule has 17 heavy (non-hydrogen) atoms. The highest BCUT2D eigenvalue weighted by atomic mass is 16.5. The van der Waals surface area contributed by atoms with E-state index >= 15 is 0 Å². The van der Waals surface area contributed by atoms with Gasteiger partial charge < -0.3 is 9.42 Å². The fraction of sp³-hybridized carbons (Fsp3) is 0.692. The predicted molar refractivity (Wildman–Crippen MR) is 67.6 cm³/mol. The molecule has 1 aromatic heterocycles. The van der Waals surface area contributed by atoms with Crippen molar-refractivity contribution in [1.82, 2.24) is 15.0 Å². The molecular weight excluding hydrogens is 214 g/mol. The van der Waals surface area contributed by atoms with Crippen molar-refractivity contribution in [2.45, 2.75) is 39.5 Å². The van der Waals surface area contributed by atoms with Crippen molar-refractivity contribution < 1.29 is 4.52 Å². The lowest BCUT2D eigenvalue weighted by atomic mass is 10.0. The minimum absolute atomic E-state index is 0.722. The molecule has 0 bridgehead atoms. The summed E-state index contributed by atoms with van der Waals surface area (Å²) in [6.45, 7) is 6.37. The molecule has 0 N–H and O–H groups in total. The Morgan fingerprint density at radius 1 is 1.41 bits per heavy atom. The van der Waals surface area contributed by atoms with Gasteiger partial charge >= 0.3 is 0 Å². The normalized spacial score (nSPS) is 17.8. The van der Waals surface area contributed by atoms with Crippen LogP contribution >= 0.6 is 0 Å². The Morgan fingerprint density at radius 2 is 2.24 bits per heavy atom. The van der Waals surface area contributed by atoms with Crippen LogP contribution in [0, 0.1) is 0 Å². The van der Waals surface area contributed by atoms with Gasteiger partial charge in [-0.25, -0.2) is 0 Å². The topological polar surface area (TPSA) is 42.2 Å². The second-order valence-corrected chi connectivity index (χ2v) is 4.87. The largest absolute Gasteiger partial charge is 0.334 e. The van der Waals surface area contributed by atoms with Crippen LogP contribution in [0.5, 0.6) is 0 Å². The zero-order valence-corrected chi connectivity index (χ0v) is 11.0. The van der Waals surface area contributed by atoms with E-state index in [0.717, 1.165) is 50.5 Å². The maximum atomic E-state index is 5.37. The molecule has 4 nitrogen and oxygen atoms in total. The van der Waals surface area contributed by atoms with Crippen molar-refractivity contribution in [3.63, 3.8) is 0 Å². The summed E-state index contributed by atoms with van der Waals surface area (Å²) in [6.07, 6.45) is 4.30. The molecule has 0 amide bonds. The van der Waals surface area contributed by atoms with Gasteiger partial charge in [-0.2, -0.15) is 4.98 Å². The molecule has 1 aliphatic heterocycles. The van der Waals surface area contributed by atoms with Crippen LogP contribution in [-0.2, 0) is 6.42 Å². The Kier molecular flexibility index (Phi) is 3.94. The van der Waals surface area contributed by atoms with Gasteiger partial charge in [-0.15, -0.1) is 0 Å². The summed E-state index contributed by atoms with van der Waals surface area (Å²) in [6, 6.07) is 0. The number of aromatic nitrogens is 2. The highest BCUT2D eigenvalue weighted by Crippen LogP contribution is 2.24. The summed E-state index contributed by atoms with van der Waals surface area (Å²) in [5, 5.41) is 4.05. The molecule has 0 saturated carbocycles. The van der Waals surface area contributed by atoms with Crippen LogP contribution in [0.25, 0.3) is 5.57 Å². The molecule has 0 aliphatic carbocycles. The van der Waals surface area contributed by atoms with Crippen molar-refractivity contribution in [1.29, 1.82) is 0 Å². The number of hydrogen-bond donors (Lipinski definition) is 0. The van der Waals surface area contributed by atoms with E-state index in [9.17, 15) is 0 Å². The minimum atomic E-state index is 0.722. The number of hydrogen-bond acceptors (Lipinski definition) is 4. The Morgan fingerprint density at radius 3 is 3.00 bits per heavy atom. The van der Waals surface area contributed by atoms with E-state index < -0.39 is 0 Å². The summed E-state index contributed by atoms with van der Waals surface area (Å²) < 4.78 is 5.37. The van der Waals surface area contributed by atoms with Gasteiger partial charge in [-0.1, -0.05) is 24.1 Å². The summed E-state index contributed by atoms with van der Waals surface area (Å²) in [5.41, 5.74) is 2.60. The zero-order chi connectivity index (χ0) is 12.3. The first kappa shape index (κ1) is 12.3. The predicted octanol–water partition coefficient (Wildman–Crippen LogP) is 2.52. The van der Waals surface area contributed by atoms with Gasteiger partial charge in [0.15, 0.2) is 5.82 Å². The van der Waals surface area contributed by atoms with Gasteiger partial charge in [0, 0.05) is 25.1 Å². The molecule has 0 atom stereocenters. The number of aryl methyl sites for hydroxylation is 1. The number of likely N-dealkylation sites (N-methyl/N-ethyl adjacent to an activating group) is 1. The maximum absolute atomic E-state index is 5.37. The molecule has 2 heterocycles. The average Bonchev–Trinajstić information content (AvgIpc) is 2.78. The third kappa shape index (κ3) is 2.94. The lowest BCUT2D eigenvalue weighted by Crippen LogP contribution is -2.26. The van der Waals surface area contributed by atoms with Crippen LogP contribution < -0.4 is 0 Å². The number of unbranched alkanes of at least 4 members (excludes halogenated alkanes) is 1. The summed E-state index contributed by atoms with van der Waals surface area (Å²) >= 11 is 0. The quantitative estimate of drug-likeness (QED) is 0.804. The lowest BCUT2D eigenvalue weighted by molar-refractivity contribution is 0.351. The fourth-order valence-electron chi connectivity index (χ4n) is 2.06. The molecule has 0 radical (unpaired) electrons. The second kappa shape index (κ2) is 5.45. The lowest BCUT2D eigenvalue weighted by Gasteiger charge is -2.24. The van der Waals surface area contributed by atoms with Crippen LogP contribution in [0.1, 0.15) is 44.8 Å². The standard InChI is InChI=1S/C13H21N3O/c1-4-5-6-12-14-13(17-15-12)11-9-16(3)8-7-10(11)2/h4-9H2,1-3H3. The van der Waals surface area contributed by atoms with Gasteiger partial charge in [0.2, 0.25) is 0 Å². The Labute approximate surface area is 103 Å². The number of nitrogens with zero attached hydrogens (tertiary/aromatic N) is 3. The summed E-state index contributed by atoms with van der Waals surface area (Å²) in [5.74, 6) is 1.57. The van der Waals surface area contributed by atoms with Crippen LogP contribution in [0.2, 0.25) is 0 Å². The second-order valence-electron chi connectivity index (χ2n) is 4.87. The van der Waals surface area contributed by atoms with Crippen LogP contribution in [0.15, 0.2) is 10.1 Å². The molecule has 0 fully saturated rings. The molecule has 0 saturated heterocycles. The summed E-state index contributed by atoms with van der Waals surface area (Å²) in [4.78, 5) is 6.78. The van der Waals surface area contributed by atoms with Crippen molar-refractivity contribution in [2.24, 2.45) is 0 Å². The van der Waals surface area contributed by atoms with E-state index in [4.69, 9.17) is 4.52 Å². The Hall–Kier alpha value is -1.16. The first-order chi connectivity index (χ1) is 8.20. The van der Waals surface area contributed by atoms with Gasteiger partial charge in [0.05, 0.1) is 0 Å². The van der Waals surface area contributed by atoms with Gasteiger partial charge in [0.25, 0.3) is 5.89 Å². The van der Waals surface area contributed by atoms with Crippen LogP contribution in [0.3, 0.4) is 0 Å². The molecule has 4 heteroatoms. The Bertz CT molecular complexity index is 409. The smallest absolute Gasteiger partial charge is 0.255 e. The molecule has 94 valence electrons. The van der Waals surface area contributed by atoms with E-state index in [0.29, 0.717) is 0 Å². The van der Waals surface area contributed by atoms with Crippen molar-refractivity contribution in [3.8, 4) is 0 Å². The van der Waals surface area contributed by atoms with Crippen molar-refractivity contribution in [2.75, 3.05) is 20.1 Å². The minimum Gasteiger partial charge on any atom is -0.334 e. The first-order valence-corrected chi connectivity index (χ1v) is 6.40. The molecule has 0 aromatic carbocycles. The van der Waals surface area contributed by atoms with Crippen molar-refractivity contribution >= 4 is 5.57 Å². The van der Waals surface area contributed by atoms with E-state index in [1.807, 2.05) is 0 Å². The van der Waals surface area contributed by atoms with E-state index in [2.05, 4.69) is 35.9 Å². The highest BCUT2D eigenvalue weighted by Gasteiger charge is 2.19. The first-order valence-electron chi connectivity index (χ1n) is 6.40. The third-order valence-corrected chi connectivity index (χ3v) is 3.29. The Balaban J connectivity index is 2.13. The van der Waals surface area contributed by atoms with Gasteiger partial charge in [-0.05, 0) is 26.8 Å². The molecule has 0 unspecified atom stereocenters. The van der Waals surface area contributed by atoms with Gasteiger partial charge in [0.1, 0.15) is 0 Å². The van der Waals surface area contributed by atoms with E-state index in [-0.39, 0.29) is 0 Å². The molecule has 1 aromatic rings. The van der Waals surface area contributed by atoms with Crippen molar-refractivity contribution in [3.05, 3.63) is 17.3 Å².